The smallest absolute Gasteiger partial charge is 0.321 e. The molecule has 0 aliphatic heterocycles. The summed E-state index contributed by atoms with van der Waals surface area (Å²) in [7, 11) is 0. The molecule has 0 radical (unpaired) electrons. The summed E-state index contributed by atoms with van der Waals surface area (Å²) in [6.45, 7) is 15.1. The van der Waals surface area contributed by atoms with Crippen molar-refractivity contribution in [3.05, 3.63) is 0 Å². The molecule has 45 heavy (non-hydrogen) atoms. The maximum Gasteiger partial charge on any atom is 0.321 e. The van der Waals surface area contributed by atoms with Crippen LogP contribution >= 0.6 is 90.4 Å². The van der Waals surface area contributed by atoms with Gasteiger partial charge in [0.1, 0.15) is 40.1 Å². The normalized spacial score (nSPS) is 12.9. The van der Waals surface area contributed by atoms with Gasteiger partial charge in [-0.1, -0.05) is 90.4 Å². The lowest BCUT2D eigenvalue weighted by molar-refractivity contribution is -0.152. The summed E-state index contributed by atoms with van der Waals surface area (Å²) in [6.07, 6.45) is 0. The zero-order valence-corrected chi connectivity index (χ0v) is 36.0. The lowest BCUT2D eigenvalue weighted by Crippen LogP contribution is -2.43. The Hall–Kier alpha value is 0.640. The zero-order valence-electron chi connectivity index (χ0n) is 27.4. The highest BCUT2D eigenvalue weighted by Crippen LogP contribution is 2.23. The molecular weight excluding hydrogens is 1050 g/mol. The van der Waals surface area contributed by atoms with E-state index in [0.29, 0.717) is 0 Å². The maximum atomic E-state index is 12.1. The molecule has 0 aromatic rings. The molecule has 12 nitrogen and oxygen atoms in total. The molecule has 0 aliphatic rings. The second-order valence-electron chi connectivity index (χ2n) is 12.1. The summed E-state index contributed by atoms with van der Waals surface area (Å²) >= 11 is 8.03. The van der Waals surface area contributed by atoms with Crippen LogP contribution in [0.3, 0.4) is 0 Å². The van der Waals surface area contributed by atoms with Crippen LogP contribution in [0.25, 0.3) is 0 Å². The van der Waals surface area contributed by atoms with Crippen molar-refractivity contribution in [3.8, 4) is 0 Å². The number of hydrogen-bond acceptors (Lipinski definition) is 12. The highest BCUT2D eigenvalue weighted by Gasteiger charge is 2.34. The van der Waals surface area contributed by atoms with Gasteiger partial charge < -0.3 is 37.9 Å². The van der Waals surface area contributed by atoms with Gasteiger partial charge in [-0.05, 0) is 55.4 Å². The lowest BCUT2D eigenvalue weighted by Gasteiger charge is -2.33. The molecule has 0 unspecified atom stereocenters. The molecule has 0 N–H and O–H groups in total. The summed E-state index contributed by atoms with van der Waals surface area (Å²) in [6, 6.07) is 0. The van der Waals surface area contributed by atoms with E-state index in [-0.39, 0.29) is 103 Å². The van der Waals surface area contributed by atoms with Gasteiger partial charge in [-0.2, -0.15) is 0 Å². The zero-order chi connectivity index (χ0) is 35.0. The van der Waals surface area contributed by atoms with E-state index in [1.54, 1.807) is 55.4 Å². The summed E-state index contributed by atoms with van der Waals surface area (Å²) in [4.78, 5) is 48.4. The van der Waals surface area contributed by atoms with Crippen LogP contribution in [-0.2, 0) is 57.1 Å². The first-order valence-electron chi connectivity index (χ1n) is 14.3. The van der Waals surface area contributed by atoms with E-state index in [1.807, 2.05) is 90.4 Å². The van der Waals surface area contributed by atoms with Crippen molar-refractivity contribution in [2.24, 2.45) is 5.41 Å². The Labute approximate surface area is 322 Å². The highest BCUT2D eigenvalue weighted by molar-refractivity contribution is 14.1. The first-order valence-corrected chi connectivity index (χ1v) is 18.6. The van der Waals surface area contributed by atoms with Gasteiger partial charge in [0.25, 0.3) is 0 Å². The Kier molecular flexibility index (Phi) is 22.0. The van der Waals surface area contributed by atoms with E-state index in [4.69, 9.17) is 37.9 Å². The number of hydrogen-bond donors (Lipinski definition) is 0. The minimum atomic E-state index is -0.863. The largest absolute Gasteiger partial charge is 0.462 e. The summed E-state index contributed by atoms with van der Waals surface area (Å²) < 4.78 is 42.1. The predicted molar refractivity (Wildman–Crippen MR) is 202 cm³/mol. The molecule has 0 atom stereocenters. The third kappa shape index (κ3) is 22.1. The summed E-state index contributed by atoms with van der Waals surface area (Å²) in [5, 5.41) is 0. The maximum absolute atomic E-state index is 12.1. The molecule has 0 bridgehead atoms. The molecule has 0 aliphatic carbocycles. The topological polar surface area (TPSA) is 142 Å². The molecular formula is C29H48I4O12. The van der Waals surface area contributed by atoms with Crippen LogP contribution in [0, 0.1) is 5.41 Å². The summed E-state index contributed by atoms with van der Waals surface area (Å²) in [5.41, 5.74) is -0.863. The van der Waals surface area contributed by atoms with Crippen molar-refractivity contribution in [3.63, 3.8) is 0 Å². The first kappa shape index (κ1) is 45.6. The number of esters is 4. The molecule has 0 amide bonds. The van der Waals surface area contributed by atoms with E-state index in [1.165, 1.54) is 0 Å². The molecule has 0 saturated carbocycles. The first-order chi connectivity index (χ1) is 20.5. The van der Waals surface area contributed by atoms with Gasteiger partial charge in [-0.25, -0.2) is 0 Å². The van der Waals surface area contributed by atoms with Crippen LogP contribution in [0.2, 0.25) is 0 Å². The standard InChI is InChI=1S/C29H48I4O12/c1-25(2,30)21(34)42-13-9-38-17-29(18-39-10-14-43-22(35)26(3,4)31,19-40-11-15-44-23(36)27(5,6)32)20-41-12-16-45-24(37)28(7,8)33/h9-20H2,1-8H3. The van der Waals surface area contributed by atoms with Crippen LogP contribution in [0.1, 0.15) is 55.4 Å². The Morgan fingerprint density at radius 3 is 0.711 bits per heavy atom. The Morgan fingerprint density at radius 2 is 0.556 bits per heavy atom. The predicted octanol–water partition coefficient (Wildman–Crippen LogP) is 5.07. The Bertz CT molecular complexity index is 769. The fraction of sp³-hybridized carbons (Fsp3) is 0.862. The minimum Gasteiger partial charge on any atom is -0.462 e. The lowest BCUT2D eigenvalue weighted by atomic mass is 9.92. The molecule has 264 valence electrons. The van der Waals surface area contributed by atoms with Crippen LogP contribution in [0.5, 0.6) is 0 Å². The van der Waals surface area contributed by atoms with Crippen LogP contribution < -0.4 is 0 Å². The van der Waals surface area contributed by atoms with Crippen LogP contribution in [-0.4, -0.2) is 117 Å². The van der Waals surface area contributed by atoms with Gasteiger partial charge in [0.2, 0.25) is 0 Å². The number of alkyl halides is 4. The van der Waals surface area contributed by atoms with Gasteiger partial charge in [-0.15, -0.1) is 0 Å². The molecule has 0 saturated heterocycles. The van der Waals surface area contributed by atoms with Crippen LogP contribution in [0.4, 0.5) is 0 Å². The molecule has 0 spiro atoms. The van der Waals surface area contributed by atoms with E-state index in [2.05, 4.69) is 0 Å². The van der Waals surface area contributed by atoms with Crippen LogP contribution in [0.15, 0.2) is 0 Å². The fourth-order valence-corrected chi connectivity index (χ4v) is 3.49. The molecule has 0 aromatic carbocycles. The van der Waals surface area contributed by atoms with E-state index >= 15 is 0 Å². The average molecular weight is 1100 g/mol. The Morgan fingerprint density at radius 1 is 0.378 bits per heavy atom. The fourth-order valence-electron chi connectivity index (χ4n) is 2.86. The molecule has 0 heterocycles. The van der Waals surface area contributed by atoms with Crippen molar-refractivity contribution in [2.75, 3.05) is 79.3 Å². The SMILES string of the molecule is CC(C)(I)C(=O)OCCOCC(COCCOC(=O)C(C)(C)I)(COCCOC(=O)C(C)(C)I)COCCOC(=O)C(C)(C)I. The second-order valence-corrected chi connectivity index (χ2v) is 22.9. The number of ether oxygens (including phenoxy) is 8. The third-order valence-corrected chi connectivity index (χ3v) is 7.18. The van der Waals surface area contributed by atoms with Gasteiger partial charge in [0, 0.05) is 0 Å². The number of rotatable bonds is 24. The van der Waals surface area contributed by atoms with E-state index in [9.17, 15) is 19.2 Å². The van der Waals surface area contributed by atoms with Crippen molar-refractivity contribution in [1.29, 1.82) is 0 Å². The van der Waals surface area contributed by atoms with Crippen molar-refractivity contribution < 1.29 is 57.1 Å². The number of carbonyl (C=O) groups is 4. The average Bonchev–Trinajstić information content (AvgIpc) is 2.89. The van der Waals surface area contributed by atoms with E-state index in [0.717, 1.165) is 0 Å². The Balaban J connectivity index is 5.46. The summed E-state index contributed by atoms with van der Waals surface area (Å²) in [5.74, 6) is -1.42. The third-order valence-electron chi connectivity index (χ3n) is 5.42. The van der Waals surface area contributed by atoms with Gasteiger partial charge in [0.05, 0.1) is 58.3 Å². The molecule has 0 aromatic heterocycles. The molecule has 0 fully saturated rings. The van der Waals surface area contributed by atoms with E-state index < -0.39 is 19.1 Å². The van der Waals surface area contributed by atoms with Gasteiger partial charge in [-0.3, -0.25) is 19.2 Å². The number of halogens is 4. The highest BCUT2D eigenvalue weighted by atomic mass is 127. The monoisotopic (exact) mass is 1100 g/mol. The van der Waals surface area contributed by atoms with Crippen molar-refractivity contribution >= 4 is 114 Å². The van der Waals surface area contributed by atoms with Crippen molar-refractivity contribution in [1.82, 2.24) is 0 Å². The van der Waals surface area contributed by atoms with Crippen molar-refractivity contribution in [2.45, 2.75) is 69.1 Å². The van der Waals surface area contributed by atoms with Gasteiger partial charge >= 0.3 is 23.9 Å². The second kappa shape index (κ2) is 21.7. The molecule has 16 heteroatoms. The van der Waals surface area contributed by atoms with Gasteiger partial charge in [0.15, 0.2) is 0 Å². The quantitative estimate of drug-likeness (QED) is 0.0420. The number of carbonyl (C=O) groups excluding carboxylic acids is 4. The minimum absolute atomic E-state index is 0.0516. The molecule has 0 rings (SSSR count).